The van der Waals surface area contributed by atoms with Gasteiger partial charge in [-0.2, -0.15) is 5.10 Å². The quantitative estimate of drug-likeness (QED) is 0.382. The number of aromatic nitrogens is 2. The zero-order valence-corrected chi connectivity index (χ0v) is 27.4. The van der Waals surface area contributed by atoms with E-state index >= 15 is 0 Å². The molecule has 12 nitrogen and oxygen atoms in total. The van der Waals surface area contributed by atoms with Crippen LogP contribution in [0.25, 0.3) is 0 Å². The Kier molecular flexibility index (Phi) is 13.1. The smallest absolute Gasteiger partial charge is 0.243 e. The van der Waals surface area contributed by atoms with Gasteiger partial charge < -0.3 is 26.2 Å². The van der Waals surface area contributed by atoms with E-state index in [-0.39, 0.29) is 36.5 Å². The third-order valence-electron chi connectivity index (χ3n) is 8.27. The molecule has 2 heterocycles. The zero-order valence-electron chi connectivity index (χ0n) is 27.4. The van der Waals surface area contributed by atoms with Crippen LogP contribution in [0.4, 0.5) is 0 Å². The number of carbonyl (C=O) groups is 5. The number of hydrogen-bond acceptors (Lipinski definition) is 6. The second-order valence-electron chi connectivity index (χ2n) is 12.2. The van der Waals surface area contributed by atoms with Gasteiger partial charge in [-0.1, -0.05) is 44.2 Å². The standard InChI is InChI=1S/C33H49N7O5/c1-21(2)30-33(45)34-17-11-19-40(29(42)16-15-26-22(3)38-39(6)24(26)5)18-10-14-28(41)36-27(20-25-12-8-7-9-13-25)32(44)35-23(4)31(43)37-30/h7-9,12-13,21,23,27,30H,10-11,14-20H2,1-6H3,(H,34,45)(H,35,44)(H,36,41)(H,37,43)/t23-,27+,30-/m1/s1. The topological polar surface area (TPSA) is 155 Å². The van der Waals surface area contributed by atoms with Crippen molar-refractivity contribution in [2.75, 3.05) is 19.6 Å². The summed E-state index contributed by atoms with van der Waals surface area (Å²) in [7, 11) is 1.88. The molecule has 3 atom stereocenters. The summed E-state index contributed by atoms with van der Waals surface area (Å²) in [6.07, 6.45) is 2.13. The summed E-state index contributed by atoms with van der Waals surface area (Å²) in [4.78, 5) is 67.6. The van der Waals surface area contributed by atoms with Crippen molar-refractivity contribution < 1.29 is 24.0 Å². The number of hydrogen-bond donors (Lipinski definition) is 4. The van der Waals surface area contributed by atoms with Crippen LogP contribution in [0.3, 0.4) is 0 Å². The molecular formula is C33H49N7O5. The summed E-state index contributed by atoms with van der Waals surface area (Å²) in [5, 5.41) is 15.6. The molecule has 4 N–H and O–H groups in total. The molecule has 0 saturated carbocycles. The Bertz CT molecular complexity index is 1340. The number of amides is 5. The first-order valence-electron chi connectivity index (χ1n) is 15.9. The lowest BCUT2D eigenvalue weighted by atomic mass is 10.0. The second kappa shape index (κ2) is 16.7. The van der Waals surface area contributed by atoms with Gasteiger partial charge in [0.2, 0.25) is 29.5 Å². The number of rotatable bonds is 6. The molecule has 0 unspecified atom stereocenters. The van der Waals surface area contributed by atoms with E-state index in [1.54, 1.807) is 11.8 Å². The SMILES string of the molecule is Cc1nn(C)c(C)c1CCC(=O)N1CCCNC(=O)[C@@H](C(C)C)NC(=O)[C@@H](C)NC(=O)[C@H](Cc2ccccc2)NC(=O)CCC1. The van der Waals surface area contributed by atoms with Crippen LogP contribution < -0.4 is 21.3 Å². The third kappa shape index (κ3) is 10.4. The van der Waals surface area contributed by atoms with E-state index < -0.39 is 29.9 Å². The van der Waals surface area contributed by atoms with Crippen LogP contribution in [0.1, 0.15) is 69.0 Å². The van der Waals surface area contributed by atoms with Gasteiger partial charge in [0.25, 0.3) is 0 Å². The highest BCUT2D eigenvalue weighted by Gasteiger charge is 2.29. The van der Waals surface area contributed by atoms with Crippen LogP contribution in [-0.4, -0.2) is 82.0 Å². The van der Waals surface area contributed by atoms with E-state index in [0.29, 0.717) is 45.3 Å². The highest BCUT2D eigenvalue weighted by Crippen LogP contribution is 2.15. The highest BCUT2D eigenvalue weighted by atomic mass is 16.2. The molecular weight excluding hydrogens is 574 g/mol. The molecule has 1 aliphatic heterocycles. The van der Waals surface area contributed by atoms with Gasteiger partial charge in [-0.3, -0.25) is 28.7 Å². The Balaban J connectivity index is 1.78. The van der Waals surface area contributed by atoms with Gasteiger partial charge in [-0.25, -0.2) is 0 Å². The maximum atomic E-state index is 13.4. The van der Waals surface area contributed by atoms with Crippen molar-refractivity contribution >= 4 is 29.5 Å². The Labute approximate surface area is 266 Å². The molecule has 45 heavy (non-hydrogen) atoms. The van der Waals surface area contributed by atoms with E-state index in [4.69, 9.17) is 0 Å². The minimum atomic E-state index is -0.931. The first kappa shape index (κ1) is 35.3. The molecule has 0 spiro atoms. The second-order valence-corrected chi connectivity index (χ2v) is 12.2. The number of nitrogens with one attached hydrogen (secondary N) is 4. The van der Waals surface area contributed by atoms with E-state index in [2.05, 4.69) is 26.4 Å². The lowest BCUT2D eigenvalue weighted by molar-refractivity contribution is -0.134. The van der Waals surface area contributed by atoms with Crippen molar-refractivity contribution in [3.05, 3.63) is 52.8 Å². The number of benzene rings is 1. The summed E-state index contributed by atoms with van der Waals surface area (Å²) in [6, 6.07) is 6.65. The predicted molar refractivity (Wildman–Crippen MR) is 171 cm³/mol. The lowest BCUT2D eigenvalue weighted by Gasteiger charge is -2.26. The molecule has 0 aliphatic carbocycles. The molecule has 5 amide bonds. The molecule has 1 saturated heterocycles. The van der Waals surface area contributed by atoms with E-state index in [1.165, 1.54) is 0 Å². The van der Waals surface area contributed by atoms with Crippen molar-refractivity contribution in [1.29, 1.82) is 0 Å². The fourth-order valence-electron chi connectivity index (χ4n) is 5.47. The average molecular weight is 624 g/mol. The van der Waals surface area contributed by atoms with Crippen LogP contribution in [0.15, 0.2) is 30.3 Å². The van der Waals surface area contributed by atoms with Gasteiger partial charge in [0.15, 0.2) is 0 Å². The van der Waals surface area contributed by atoms with Crippen LogP contribution >= 0.6 is 0 Å². The molecule has 1 fully saturated rings. The molecule has 0 bridgehead atoms. The van der Waals surface area contributed by atoms with Crippen molar-refractivity contribution in [2.45, 2.75) is 91.3 Å². The summed E-state index contributed by atoms with van der Waals surface area (Å²) >= 11 is 0. The maximum absolute atomic E-state index is 13.4. The van der Waals surface area contributed by atoms with E-state index in [9.17, 15) is 24.0 Å². The van der Waals surface area contributed by atoms with Gasteiger partial charge in [0, 0.05) is 51.6 Å². The third-order valence-corrected chi connectivity index (χ3v) is 8.27. The Morgan fingerprint density at radius 1 is 0.956 bits per heavy atom. The Morgan fingerprint density at radius 3 is 2.29 bits per heavy atom. The number of aryl methyl sites for hydroxylation is 2. The monoisotopic (exact) mass is 623 g/mol. The first-order valence-corrected chi connectivity index (χ1v) is 15.9. The van der Waals surface area contributed by atoms with Gasteiger partial charge in [-0.15, -0.1) is 0 Å². The van der Waals surface area contributed by atoms with Crippen LogP contribution in [0.2, 0.25) is 0 Å². The fraction of sp³-hybridized carbons (Fsp3) is 0.576. The zero-order chi connectivity index (χ0) is 33.1. The highest BCUT2D eigenvalue weighted by molar-refractivity contribution is 5.94. The van der Waals surface area contributed by atoms with Crippen molar-refractivity contribution in [2.24, 2.45) is 13.0 Å². The van der Waals surface area contributed by atoms with Crippen LogP contribution in [0.5, 0.6) is 0 Å². The van der Waals surface area contributed by atoms with Gasteiger partial charge >= 0.3 is 0 Å². The number of nitrogens with zero attached hydrogens (tertiary/aromatic N) is 3. The summed E-state index contributed by atoms with van der Waals surface area (Å²) in [5.41, 5.74) is 3.83. The average Bonchev–Trinajstić information content (AvgIpc) is 3.24. The van der Waals surface area contributed by atoms with E-state index in [1.807, 2.05) is 69.8 Å². The van der Waals surface area contributed by atoms with Crippen LogP contribution in [-0.2, 0) is 43.9 Å². The van der Waals surface area contributed by atoms with Crippen molar-refractivity contribution in [1.82, 2.24) is 35.9 Å². The van der Waals surface area contributed by atoms with Crippen molar-refractivity contribution in [3.8, 4) is 0 Å². The normalized spacial score (nSPS) is 21.3. The molecule has 0 radical (unpaired) electrons. The van der Waals surface area contributed by atoms with Crippen molar-refractivity contribution in [3.63, 3.8) is 0 Å². The number of carbonyl (C=O) groups excluding carboxylic acids is 5. The summed E-state index contributed by atoms with van der Waals surface area (Å²) < 4.78 is 1.81. The van der Waals surface area contributed by atoms with Gasteiger partial charge in [-0.05, 0) is 57.1 Å². The van der Waals surface area contributed by atoms with Crippen LogP contribution in [0, 0.1) is 19.8 Å². The van der Waals surface area contributed by atoms with Gasteiger partial charge in [0.05, 0.1) is 5.69 Å². The van der Waals surface area contributed by atoms with E-state index in [0.717, 1.165) is 22.5 Å². The molecule has 3 rings (SSSR count). The lowest BCUT2D eigenvalue weighted by Crippen LogP contribution is -2.57. The molecule has 1 aliphatic rings. The van der Waals surface area contributed by atoms with Gasteiger partial charge in [0.1, 0.15) is 18.1 Å². The predicted octanol–water partition coefficient (Wildman–Crippen LogP) is 1.47. The Morgan fingerprint density at radius 2 is 1.64 bits per heavy atom. The molecule has 2 aromatic rings. The summed E-state index contributed by atoms with van der Waals surface area (Å²) in [5.74, 6) is -1.89. The minimum Gasteiger partial charge on any atom is -0.354 e. The largest absolute Gasteiger partial charge is 0.354 e. The minimum absolute atomic E-state index is 0.0403. The maximum Gasteiger partial charge on any atom is 0.243 e. The fourth-order valence-corrected chi connectivity index (χ4v) is 5.47. The summed E-state index contributed by atoms with van der Waals surface area (Å²) in [6.45, 7) is 10.2. The molecule has 1 aromatic carbocycles. The molecule has 246 valence electrons. The first-order chi connectivity index (χ1) is 21.4. The Hall–Kier alpha value is -4.22. The molecule has 12 heteroatoms. The molecule has 1 aromatic heterocycles.